The van der Waals surface area contributed by atoms with Crippen molar-refractivity contribution in [2.45, 2.75) is 14.4 Å². The molecule has 0 aliphatic heterocycles. The molecule has 3 rings (SSSR count). The minimum Gasteiger partial charge on any atom is -0.272 e. The Kier molecular flexibility index (Phi) is 7.84. The number of nitrogens with one attached hydrogen (secondary N) is 1. The predicted octanol–water partition coefficient (Wildman–Crippen LogP) is 4.87. The van der Waals surface area contributed by atoms with Gasteiger partial charge in [-0.15, -0.1) is 10.2 Å². The Balaban J connectivity index is 1.42. The van der Waals surface area contributed by atoms with Crippen molar-refractivity contribution < 1.29 is 9.18 Å². The summed E-state index contributed by atoms with van der Waals surface area (Å²) >= 11 is 10.4. The minimum atomic E-state index is -0.356. The number of hydrogen-bond acceptors (Lipinski definition) is 7. The number of nitrogens with zero attached hydrogens (tertiary/aromatic N) is 3. The smallest absolute Gasteiger partial charge is 0.250 e. The first-order valence-corrected chi connectivity index (χ1v) is 11.2. The van der Waals surface area contributed by atoms with Crippen LogP contribution in [-0.4, -0.2) is 28.1 Å². The van der Waals surface area contributed by atoms with Crippen LogP contribution in [0.3, 0.4) is 0 Å². The predicted molar refractivity (Wildman–Crippen MR) is 114 cm³/mol. The van der Waals surface area contributed by atoms with Gasteiger partial charge in [0.15, 0.2) is 8.68 Å². The molecule has 5 nitrogen and oxygen atoms in total. The first kappa shape index (κ1) is 20.8. The summed E-state index contributed by atoms with van der Waals surface area (Å²) < 4.78 is 14.6. The number of carbonyl (C=O) groups excluding carboxylic acids is 1. The molecule has 1 heterocycles. The topological polar surface area (TPSA) is 67.2 Å². The SMILES string of the molecule is O=C(CSc1nnc(SCc2ccccc2Cl)s1)N/N=C\c1cccc(F)c1. The fourth-order valence-electron chi connectivity index (χ4n) is 1.99. The summed E-state index contributed by atoms with van der Waals surface area (Å²) in [5.74, 6) is 0.224. The fourth-order valence-corrected chi connectivity index (χ4v) is 5.09. The van der Waals surface area contributed by atoms with Gasteiger partial charge in [0.05, 0.1) is 12.0 Å². The Morgan fingerprint density at radius 1 is 1.18 bits per heavy atom. The van der Waals surface area contributed by atoms with E-state index in [1.807, 2.05) is 24.3 Å². The second kappa shape index (κ2) is 10.6. The lowest BCUT2D eigenvalue weighted by Crippen LogP contribution is -2.19. The molecule has 2 aromatic carbocycles. The van der Waals surface area contributed by atoms with E-state index in [1.54, 1.807) is 23.9 Å². The van der Waals surface area contributed by atoms with Gasteiger partial charge in [-0.1, -0.05) is 76.8 Å². The molecular formula is C18H14ClFN4OS3. The van der Waals surface area contributed by atoms with Crippen molar-refractivity contribution in [2.24, 2.45) is 5.10 Å². The average Bonchev–Trinajstić information content (AvgIpc) is 3.14. The number of benzene rings is 2. The summed E-state index contributed by atoms with van der Waals surface area (Å²) in [4.78, 5) is 11.8. The molecule has 10 heteroatoms. The average molecular weight is 453 g/mol. The largest absolute Gasteiger partial charge is 0.272 e. The van der Waals surface area contributed by atoms with E-state index in [2.05, 4.69) is 20.7 Å². The highest BCUT2D eigenvalue weighted by Gasteiger charge is 2.09. The second-order valence-corrected chi connectivity index (χ2v) is 9.18. The standard InChI is InChI=1S/C18H14ClFN4OS3/c19-15-7-2-1-5-13(15)10-26-17-23-24-18(28-17)27-11-16(25)22-21-9-12-4-3-6-14(20)8-12/h1-9H,10-11H2,(H,22,25)/b21-9-. The molecular weight excluding hydrogens is 439 g/mol. The summed E-state index contributed by atoms with van der Waals surface area (Å²) in [6.45, 7) is 0. The number of amides is 1. The molecule has 0 atom stereocenters. The number of hydrogen-bond donors (Lipinski definition) is 1. The first-order chi connectivity index (χ1) is 13.6. The lowest BCUT2D eigenvalue weighted by atomic mass is 10.2. The second-order valence-electron chi connectivity index (χ2n) is 5.35. The Hall–Kier alpha value is -1.94. The molecule has 0 saturated heterocycles. The quantitative estimate of drug-likeness (QED) is 0.300. The van der Waals surface area contributed by atoms with Crippen molar-refractivity contribution in [1.29, 1.82) is 0 Å². The van der Waals surface area contributed by atoms with Crippen molar-refractivity contribution >= 4 is 58.6 Å². The van der Waals surface area contributed by atoms with Crippen LogP contribution in [0.1, 0.15) is 11.1 Å². The fraction of sp³-hybridized carbons (Fsp3) is 0.111. The summed E-state index contributed by atoms with van der Waals surface area (Å²) in [7, 11) is 0. The van der Waals surface area contributed by atoms with Crippen molar-refractivity contribution in [3.63, 3.8) is 0 Å². The zero-order chi connectivity index (χ0) is 19.8. The summed E-state index contributed by atoms with van der Waals surface area (Å²) in [5, 5.41) is 12.7. The van der Waals surface area contributed by atoms with Gasteiger partial charge in [0, 0.05) is 10.8 Å². The van der Waals surface area contributed by atoms with Crippen molar-refractivity contribution in [1.82, 2.24) is 15.6 Å². The van der Waals surface area contributed by atoms with Crippen molar-refractivity contribution in [2.75, 3.05) is 5.75 Å². The van der Waals surface area contributed by atoms with Gasteiger partial charge in [-0.2, -0.15) is 5.10 Å². The van der Waals surface area contributed by atoms with E-state index in [4.69, 9.17) is 11.6 Å². The maximum Gasteiger partial charge on any atom is 0.250 e. The summed E-state index contributed by atoms with van der Waals surface area (Å²) in [5.41, 5.74) is 4.01. The third-order valence-corrected chi connectivity index (χ3v) is 6.88. The number of thioether (sulfide) groups is 2. The highest BCUT2D eigenvalue weighted by atomic mass is 35.5. The maximum absolute atomic E-state index is 13.1. The van der Waals surface area contributed by atoms with Gasteiger partial charge in [-0.25, -0.2) is 9.82 Å². The zero-order valence-electron chi connectivity index (χ0n) is 14.3. The molecule has 144 valence electrons. The molecule has 1 N–H and O–H groups in total. The zero-order valence-corrected chi connectivity index (χ0v) is 17.5. The van der Waals surface area contributed by atoms with E-state index < -0.39 is 0 Å². The molecule has 0 aliphatic carbocycles. The van der Waals surface area contributed by atoms with Crippen molar-refractivity contribution in [3.05, 3.63) is 70.5 Å². The van der Waals surface area contributed by atoms with Crippen LogP contribution in [0.15, 0.2) is 62.3 Å². The minimum absolute atomic E-state index is 0.157. The molecule has 0 aliphatic rings. The summed E-state index contributed by atoms with van der Waals surface area (Å²) in [6.07, 6.45) is 1.39. The molecule has 0 spiro atoms. The van der Waals surface area contributed by atoms with E-state index in [0.717, 1.165) is 14.9 Å². The van der Waals surface area contributed by atoms with Gasteiger partial charge in [-0.3, -0.25) is 4.79 Å². The normalized spacial score (nSPS) is 11.1. The van der Waals surface area contributed by atoms with Crippen LogP contribution in [0.5, 0.6) is 0 Å². The van der Waals surface area contributed by atoms with E-state index in [-0.39, 0.29) is 17.5 Å². The first-order valence-electron chi connectivity index (χ1n) is 8.00. The lowest BCUT2D eigenvalue weighted by Gasteiger charge is -2.00. The highest BCUT2D eigenvalue weighted by molar-refractivity contribution is 8.03. The Labute approximate surface area is 178 Å². The number of halogens is 2. The van der Waals surface area contributed by atoms with Crippen molar-refractivity contribution in [3.8, 4) is 0 Å². The Morgan fingerprint density at radius 3 is 2.75 bits per heavy atom. The van der Waals surface area contributed by atoms with Gasteiger partial charge in [-0.05, 0) is 29.3 Å². The number of hydrazone groups is 1. The van der Waals surface area contributed by atoms with Crippen LogP contribution >= 0.6 is 46.5 Å². The Bertz CT molecular complexity index is 983. The van der Waals surface area contributed by atoms with E-state index in [9.17, 15) is 9.18 Å². The molecule has 0 saturated carbocycles. The molecule has 0 unspecified atom stereocenters. The maximum atomic E-state index is 13.1. The third-order valence-electron chi connectivity index (χ3n) is 3.28. The molecule has 3 aromatic rings. The van der Waals surface area contributed by atoms with Crippen LogP contribution in [0, 0.1) is 5.82 Å². The molecule has 0 bridgehead atoms. The third kappa shape index (κ3) is 6.59. The van der Waals surface area contributed by atoms with Gasteiger partial charge < -0.3 is 0 Å². The van der Waals surface area contributed by atoms with Gasteiger partial charge in [0.25, 0.3) is 5.91 Å². The van der Waals surface area contributed by atoms with Crippen LogP contribution in [0.2, 0.25) is 5.02 Å². The molecule has 1 amide bonds. The number of aromatic nitrogens is 2. The molecule has 1 aromatic heterocycles. The highest BCUT2D eigenvalue weighted by Crippen LogP contribution is 2.32. The number of carbonyl (C=O) groups is 1. The van der Waals surface area contributed by atoms with Crippen LogP contribution in [0.25, 0.3) is 0 Å². The van der Waals surface area contributed by atoms with E-state index in [1.165, 1.54) is 41.4 Å². The summed E-state index contributed by atoms with van der Waals surface area (Å²) in [6, 6.07) is 13.6. The van der Waals surface area contributed by atoms with Gasteiger partial charge >= 0.3 is 0 Å². The van der Waals surface area contributed by atoms with E-state index >= 15 is 0 Å². The van der Waals surface area contributed by atoms with Gasteiger partial charge in [0.1, 0.15) is 5.82 Å². The number of rotatable bonds is 8. The molecule has 0 radical (unpaired) electrons. The molecule has 0 fully saturated rings. The van der Waals surface area contributed by atoms with E-state index in [0.29, 0.717) is 15.7 Å². The Morgan fingerprint density at radius 2 is 1.96 bits per heavy atom. The monoisotopic (exact) mass is 452 g/mol. The lowest BCUT2D eigenvalue weighted by molar-refractivity contribution is -0.118. The van der Waals surface area contributed by atoms with Crippen LogP contribution < -0.4 is 5.43 Å². The van der Waals surface area contributed by atoms with Crippen LogP contribution in [-0.2, 0) is 10.5 Å². The van der Waals surface area contributed by atoms with Crippen LogP contribution in [0.4, 0.5) is 4.39 Å². The molecule has 28 heavy (non-hydrogen) atoms. The van der Waals surface area contributed by atoms with Gasteiger partial charge in [0.2, 0.25) is 0 Å².